The molecule has 5 nitrogen and oxygen atoms in total. The highest BCUT2D eigenvalue weighted by atomic mass is 32.2. The monoisotopic (exact) mass is 416 g/mol. The molecule has 3 fully saturated rings. The molecule has 3 unspecified atom stereocenters. The average molecular weight is 417 g/mol. The Balaban J connectivity index is 2.03. The van der Waals surface area contributed by atoms with Gasteiger partial charge in [0.05, 0.1) is 29.3 Å². The van der Waals surface area contributed by atoms with E-state index < -0.39 is 32.7 Å². The molecule has 164 valence electrons. The normalized spacial score (nSPS) is 46.5. The Morgan fingerprint density at radius 1 is 0.929 bits per heavy atom. The molecule has 3 aliphatic rings. The first-order chi connectivity index (χ1) is 13.2. The van der Waals surface area contributed by atoms with E-state index in [0.29, 0.717) is 25.7 Å². The highest BCUT2D eigenvalue weighted by Crippen LogP contribution is 2.52. The summed E-state index contributed by atoms with van der Waals surface area (Å²) in [6.07, 6.45) is 6.62. The van der Waals surface area contributed by atoms with Crippen LogP contribution in [-0.2, 0) is 9.84 Å². The van der Waals surface area contributed by atoms with Gasteiger partial charge in [-0.1, -0.05) is 26.7 Å². The number of hydrogen-bond donors (Lipinski definition) is 3. The number of aliphatic hydroxyl groups excluding tert-OH is 3. The minimum absolute atomic E-state index is 0.0841. The lowest BCUT2D eigenvalue weighted by atomic mass is 9.60. The van der Waals surface area contributed by atoms with Crippen molar-refractivity contribution < 1.29 is 23.7 Å². The number of fused-ring (bicyclic) bond motifs is 1. The fraction of sp³-hybridized carbons (Fsp3) is 1.00. The van der Waals surface area contributed by atoms with E-state index in [1.807, 2.05) is 6.92 Å². The van der Waals surface area contributed by atoms with Gasteiger partial charge in [0, 0.05) is 5.41 Å². The van der Waals surface area contributed by atoms with Gasteiger partial charge in [-0.15, -0.1) is 0 Å². The fourth-order valence-electron chi connectivity index (χ4n) is 6.57. The van der Waals surface area contributed by atoms with Gasteiger partial charge < -0.3 is 15.3 Å². The van der Waals surface area contributed by atoms with Gasteiger partial charge in [-0.3, -0.25) is 0 Å². The first-order valence-electron chi connectivity index (χ1n) is 11.5. The third-order valence-corrected chi connectivity index (χ3v) is 10.7. The van der Waals surface area contributed by atoms with Crippen molar-refractivity contribution in [2.45, 2.75) is 108 Å². The quantitative estimate of drug-likeness (QED) is 0.640. The summed E-state index contributed by atoms with van der Waals surface area (Å²) >= 11 is 0. The highest BCUT2D eigenvalue weighted by Gasteiger charge is 2.56. The van der Waals surface area contributed by atoms with Crippen LogP contribution >= 0.6 is 0 Å². The van der Waals surface area contributed by atoms with Gasteiger partial charge in [-0.25, -0.2) is 8.42 Å². The number of hydrogen-bond acceptors (Lipinski definition) is 5. The lowest BCUT2D eigenvalue weighted by Crippen LogP contribution is -2.48. The summed E-state index contributed by atoms with van der Waals surface area (Å²) < 4.78 is 26.9. The maximum atomic E-state index is 13.5. The average Bonchev–Trinajstić information content (AvgIpc) is 2.72. The number of sulfone groups is 1. The maximum Gasteiger partial charge on any atom is 0.154 e. The molecule has 0 aromatic rings. The van der Waals surface area contributed by atoms with E-state index in [2.05, 4.69) is 6.92 Å². The first-order valence-corrected chi connectivity index (χ1v) is 13.2. The van der Waals surface area contributed by atoms with Gasteiger partial charge >= 0.3 is 0 Å². The topological polar surface area (TPSA) is 94.8 Å². The van der Waals surface area contributed by atoms with Gasteiger partial charge in [0.2, 0.25) is 0 Å². The largest absolute Gasteiger partial charge is 0.393 e. The van der Waals surface area contributed by atoms with Crippen molar-refractivity contribution >= 4 is 9.84 Å². The number of unbranched alkanes of at least 4 members (excludes halogenated alkanes) is 1. The van der Waals surface area contributed by atoms with E-state index in [4.69, 9.17) is 0 Å². The molecule has 6 heteroatoms. The molecule has 0 aromatic heterocycles. The van der Waals surface area contributed by atoms with E-state index >= 15 is 0 Å². The molecule has 0 radical (unpaired) electrons. The molecule has 0 aromatic carbocycles. The van der Waals surface area contributed by atoms with Crippen LogP contribution in [0.5, 0.6) is 0 Å². The van der Waals surface area contributed by atoms with E-state index in [0.717, 1.165) is 44.9 Å². The van der Waals surface area contributed by atoms with Crippen LogP contribution in [0.15, 0.2) is 0 Å². The predicted molar refractivity (Wildman–Crippen MR) is 111 cm³/mol. The lowest BCUT2D eigenvalue weighted by molar-refractivity contribution is -0.0773. The zero-order valence-corrected chi connectivity index (χ0v) is 18.4. The summed E-state index contributed by atoms with van der Waals surface area (Å²) in [5.41, 5.74) is -0.585. The summed E-state index contributed by atoms with van der Waals surface area (Å²) in [6, 6.07) is 0. The van der Waals surface area contributed by atoms with Crippen LogP contribution in [0.25, 0.3) is 0 Å². The molecule has 2 saturated carbocycles. The van der Waals surface area contributed by atoms with Gasteiger partial charge in [0.15, 0.2) is 9.84 Å². The third kappa shape index (κ3) is 4.30. The van der Waals surface area contributed by atoms with Crippen LogP contribution in [0.4, 0.5) is 0 Å². The van der Waals surface area contributed by atoms with Gasteiger partial charge in [0.1, 0.15) is 0 Å². The van der Waals surface area contributed by atoms with Crippen LogP contribution in [0.3, 0.4) is 0 Å². The Kier molecular flexibility index (Phi) is 7.16. The molecule has 1 heterocycles. The van der Waals surface area contributed by atoms with E-state index in [-0.39, 0.29) is 29.6 Å². The molecule has 3 rings (SSSR count). The molecule has 0 spiro atoms. The zero-order valence-electron chi connectivity index (χ0n) is 17.6. The van der Waals surface area contributed by atoms with Gasteiger partial charge in [-0.05, 0) is 75.5 Å². The second kappa shape index (κ2) is 8.91. The highest BCUT2D eigenvalue weighted by molar-refractivity contribution is 7.92. The summed E-state index contributed by atoms with van der Waals surface area (Å²) in [4.78, 5) is 0. The zero-order chi connectivity index (χ0) is 20.5. The van der Waals surface area contributed by atoms with Crippen molar-refractivity contribution in [3.63, 3.8) is 0 Å². The van der Waals surface area contributed by atoms with Crippen LogP contribution in [0, 0.1) is 23.2 Å². The van der Waals surface area contributed by atoms with Crippen LogP contribution in [0.1, 0.15) is 84.5 Å². The van der Waals surface area contributed by atoms with Crippen LogP contribution in [0.2, 0.25) is 0 Å². The van der Waals surface area contributed by atoms with Gasteiger partial charge in [-0.2, -0.15) is 0 Å². The third-order valence-electron chi connectivity index (χ3n) is 8.26. The second-order valence-corrected chi connectivity index (χ2v) is 12.1. The minimum atomic E-state index is -3.33. The second-order valence-electron chi connectivity index (χ2n) is 9.89. The smallest absolute Gasteiger partial charge is 0.154 e. The summed E-state index contributed by atoms with van der Waals surface area (Å²) in [5.74, 6) is 0.0541. The van der Waals surface area contributed by atoms with Crippen molar-refractivity contribution in [1.29, 1.82) is 0 Å². The minimum Gasteiger partial charge on any atom is -0.393 e. The van der Waals surface area contributed by atoms with Gasteiger partial charge in [0.25, 0.3) is 0 Å². The molecule has 6 atom stereocenters. The van der Waals surface area contributed by atoms with E-state index in [1.165, 1.54) is 0 Å². The van der Waals surface area contributed by atoms with Crippen molar-refractivity contribution in [3.8, 4) is 0 Å². The summed E-state index contributed by atoms with van der Waals surface area (Å²) in [5, 5.41) is 31.7. The van der Waals surface area contributed by atoms with E-state index in [1.54, 1.807) is 0 Å². The molecule has 1 aliphatic heterocycles. The fourth-order valence-corrected chi connectivity index (χ4v) is 9.43. The molecule has 0 bridgehead atoms. The van der Waals surface area contributed by atoms with Crippen molar-refractivity contribution in [1.82, 2.24) is 0 Å². The number of rotatable bonds is 5. The molecule has 2 aliphatic carbocycles. The van der Waals surface area contributed by atoms with Crippen molar-refractivity contribution in [2.75, 3.05) is 5.75 Å². The SMILES string of the molecule is CCCC[C@]1(CC)CS(=O)(=O)C2CCC(O)CC2[C@@H](C2CCC(O)CC2)[C@H]1O. The Labute approximate surface area is 170 Å². The standard InChI is InChI=1S/C22H40O5S/c1-3-5-12-22(4-2)14-28(26,27)19-11-10-17(24)13-18(19)20(21(22)25)15-6-8-16(23)9-7-15/h15-21,23-25H,3-14H2,1-2H3/t15?,16?,17?,18?,19?,20-,21-,22-/m1/s1. The van der Waals surface area contributed by atoms with Crippen LogP contribution in [-0.4, -0.2) is 53.1 Å². The molecular weight excluding hydrogens is 376 g/mol. The van der Waals surface area contributed by atoms with E-state index in [9.17, 15) is 23.7 Å². The first kappa shape index (κ1) is 22.5. The van der Waals surface area contributed by atoms with Crippen molar-refractivity contribution in [2.24, 2.45) is 23.2 Å². The maximum absolute atomic E-state index is 13.5. The molecular formula is C22H40O5S. The molecule has 3 N–H and O–H groups in total. The Bertz CT molecular complexity index is 612. The Hall–Kier alpha value is -0.170. The molecule has 28 heavy (non-hydrogen) atoms. The number of aliphatic hydroxyl groups is 3. The summed E-state index contributed by atoms with van der Waals surface area (Å²) in [7, 11) is -3.33. The van der Waals surface area contributed by atoms with Crippen LogP contribution < -0.4 is 0 Å². The molecule has 0 amide bonds. The molecule has 1 saturated heterocycles. The Morgan fingerprint density at radius 3 is 2.18 bits per heavy atom. The summed E-state index contributed by atoms with van der Waals surface area (Å²) in [6.45, 7) is 4.14. The van der Waals surface area contributed by atoms with Crippen molar-refractivity contribution in [3.05, 3.63) is 0 Å². The lowest BCUT2D eigenvalue weighted by Gasteiger charge is -2.46. The Morgan fingerprint density at radius 2 is 1.57 bits per heavy atom. The predicted octanol–water partition coefficient (Wildman–Crippen LogP) is 3.06.